The second-order valence-corrected chi connectivity index (χ2v) is 7.70. The van der Waals surface area contributed by atoms with Gasteiger partial charge in [-0.25, -0.2) is 13.4 Å². The van der Waals surface area contributed by atoms with Crippen LogP contribution in [0.1, 0.15) is 47.1 Å². The zero-order valence-corrected chi connectivity index (χ0v) is 19.8. The monoisotopic (exact) mass is 417 g/mol. The molecule has 1 aromatic heterocycles. The van der Waals surface area contributed by atoms with Crippen molar-refractivity contribution in [2.75, 3.05) is 16.7 Å². The Balaban J connectivity index is 0.00000184. The summed E-state index contributed by atoms with van der Waals surface area (Å²) in [7, 11) is -1.78. The van der Waals surface area contributed by atoms with Crippen LogP contribution in [0.25, 0.3) is 0 Å². The maximum atomic E-state index is 12.5. The zero-order valence-electron chi connectivity index (χ0n) is 18.9. The Hall–Kier alpha value is -2.60. The summed E-state index contributed by atoms with van der Waals surface area (Å²) < 4.78 is 27.6. The molecular weight excluding hydrogens is 382 g/mol. The molecule has 1 N–H and O–H groups in total. The van der Waals surface area contributed by atoms with Gasteiger partial charge < -0.3 is 4.90 Å². The van der Waals surface area contributed by atoms with E-state index in [1.54, 1.807) is 43.3 Å². The van der Waals surface area contributed by atoms with E-state index < -0.39 is 10.0 Å². The van der Waals surface area contributed by atoms with Gasteiger partial charge in [-0.05, 0) is 50.6 Å². The largest absolute Gasteiger partial charge is 0.330 e. The summed E-state index contributed by atoms with van der Waals surface area (Å²) in [4.78, 5) is 6.41. The average molecular weight is 418 g/mol. The SMILES string of the molecule is C=C(C=C(C)C)N(C)c1ccc(NS(=O)(=O)c2ccccc2C)cn1.CC.CC. The van der Waals surface area contributed by atoms with Crippen LogP contribution in [0.3, 0.4) is 0 Å². The smallest absolute Gasteiger partial charge is 0.262 e. The molecule has 0 saturated carbocycles. The van der Waals surface area contributed by atoms with Crippen molar-refractivity contribution in [1.82, 2.24) is 4.98 Å². The van der Waals surface area contributed by atoms with Crippen LogP contribution in [0, 0.1) is 6.92 Å². The summed E-state index contributed by atoms with van der Waals surface area (Å²) in [6, 6.07) is 10.3. The average Bonchev–Trinajstić information content (AvgIpc) is 2.70. The van der Waals surface area contributed by atoms with Crippen LogP contribution in [0.2, 0.25) is 0 Å². The lowest BCUT2D eigenvalue weighted by Gasteiger charge is -2.19. The number of aryl methyl sites for hydroxylation is 1. The Morgan fingerprint density at radius 3 is 2.14 bits per heavy atom. The molecule has 0 radical (unpaired) electrons. The highest BCUT2D eigenvalue weighted by molar-refractivity contribution is 7.92. The van der Waals surface area contributed by atoms with Crippen molar-refractivity contribution in [1.29, 1.82) is 0 Å². The Bertz CT molecular complexity index is 898. The summed E-state index contributed by atoms with van der Waals surface area (Å²) in [5.41, 5.74) is 3.05. The first-order chi connectivity index (χ1) is 13.7. The van der Waals surface area contributed by atoms with Gasteiger partial charge in [0.15, 0.2) is 0 Å². The van der Waals surface area contributed by atoms with E-state index in [0.717, 1.165) is 11.3 Å². The first-order valence-electron chi connectivity index (χ1n) is 9.83. The molecule has 0 aliphatic carbocycles. The van der Waals surface area contributed by atoms with Gasteiger partial charge in [-0.2, -0.15) is 0 Å². The lowest BCUT2D eigenvalue weighted by atomic mass is 10.2. The maximum Gasteiger partial charge on any atom is 0.262 e. The molecule has 0 atom stereocenters. The highest BCUT2D eigenvalue weighted by Gasteiger charge is 2.16. The lowest BCUT2D eigenvalue weighted by Crippen LogP contribution is -2.17. The third-order valence-corrected chi connectivity index (χ3v) is 5.15. The van der Waals surface area contributed by atoms with E-state index in [2.05, 4.69) is 16.3 Å². The van der Waals surface area contributed by atoms with E-state index in [0.29, 0.717) is 17.1 Å². The molecule has 0 aliphatic heterocycles. The number of nitrogens with one attached hydrogen (secondary N) is 1. The Labute approximate surface area is 177 Å². The van der Waals surface area contributed by atoms with Crippen molar-refractivity contribution in [2.45, 2.75) is 53.4 Å². The van der Waals surface area contributed by atoms with Crippen molar-refractivity contribution >= 4 is 21.5 Å². The fourth-order valence-electron chi connectivity index (χ4n) is 2.29. The molecule has 0 amide bonds. The van der Waals surface area contributed by atoms with Crippen LogP contribution in [-0.2, 0) is 10.0 Å². The number of pyridine rings is 1. The fourth-order valence-corrected chi connectivity index (χ4v) is 3.58. The van der Waals surface area contributed by atoms with Gasteiger partial charge in [-0.15, -0.1) is 0 Å². The van der Waals surface area contributed by atoms with E-state index in [1.165, 1.54) is 6.20 Å². The highest BCUT2D eigenvalue weighted by atomic mass is 32.2. The second kappa shape index (κ2) is 12.8. The minimum atomic E-state index is -3.64. The van der Waals surface area contributed by atoms with Gasteiger partial charge in [0.05, 0.1) is 16.8 Å². The highest BCUT2D eigenvalue weighted by Crippen LogP contribution is 2.21. The van der Waals surface area contributed by atoms with Crippen LogP contribution >= 0.6 is 0 Å². The Morgan fingerprint density at radius 2 is 1.66 bits per heavy atom. The molecule has 0 unspecified atom stereocenters. The Kier molecular flexibility index (Phi) is 11.6. The predicted octanol–water partition coefficient (Wildman–Crippen LogP) is 6.16. The molecule has 0 spiro atoms. The third kappa shape index (κ3) is 8.11. The Morgan fingerprint density at radius 1 is 1.07 bits per heavy atom. The number of benzene rings is 1. The van der Waals surface area contributed by atoms with Gasteiger partial charge in [0.25, 0.3) is 10.0 Å². The van der Waals surface area contributed by atoms with Crippen molar-refractivity contribution in [3.05, 3.63) is 72.1 Å². The molecule has 2 aromatic rings. The van der Waals surface area contributed by atoms with Crippen LogP contribution in [0.5, 0.6) is 0 Å². The minimum absolute atomic E-state index is 0.258. The van der Waals surface area contributed by atoms with Crippen molar-refractivity contribution in [3.8, 4) is 0 Å². The normalized spacial score (nSPS) is 9.79. The zero-order chi connectivity index (χ0) is 22.6. The molecule has 0 bridgehead atoms. The van der Waals surface area contributed by atoms with Crippen LogP contribution in [0.15, 0.2) is 71.4 Å². The van der Waals surface area contributed by atoms with Crippen LogP contribution in [-0.4, -0.2) is 20.4 Å². The molecule has 5 nitrogen and oxygen atoms in total. The number of hydrogen-bond donors (Lipinski definition) is 1. The summed E-state index contributed by atoms with van der Waals surface area (Å²) in [6.45, 7) is 17.8. The fraction of sp³-hybridized carbons (Fsp3) is 0.348. The topological polar surface area (TPSA) is 62.3 Å². The predicted molar refractivity (Wildman–Crippen MR) is 126 cm³/mol. The quantitative estimate of drug-likeness (QED) is 0.572. The maximum absolute atomic E-state index is 12.5. The van der Waals surface area contributed by atoms with Crippen molar-refractivity contribution in [3.63, 3.8) is 0 Å². The van der Waals surface area contributed by atoms with Crippen molar-refractivity contribution in [2.24, 2.45) is 0 Å². The van der Waals surface area contributed by atoms with E-state index in [1.807, 2.05) is 59.6 Å². The van der Waals surface area contributed by atoms with Crippen LogP contribution < -0.4 is 9.62 Å². The summed E-state index contributed by atoms with van der Waals surface area (Å²) >= 11 is 0. The molecule has 1 heterocycles. The van der Waals surface area contributed by atoms with Gasteiger partial charge in [0, 0.05) is 12.7 Å². The van der Waals surface area contributed by atoms with E-state index in [9.17, 15) is 8.42 Å². The van der Waals surface area contributed by atoms with Crippen molar-refractivity contribution < 1.29 is 8.42 Å². The van der Waals surface area contributed by atoms with Crippen LogP contribution in [0.4, 0.5) is 11.5 Å². The molecular formula is C23H35N3O2S. The van der Waals surface area contributed by atoms with E-state index in [4.69, 9.17) is 0 Å². The van der Waals surface area contributed by atoms with Gasteiger partial charge in [0.2, 0.25) is 0 Å². The number of anilines is 2. The number of likely N-dealkylation sites (N-methyl/N-ethyl adjacent to an activating group) is 1. The van der Waals surface area contributed by atoms with Gasteiger partial charge in [-0.3, -0.25) is 4.72 Å². The first kappa shape index (κ1) is 26.4. The van der Waals surface area contributed by atoms with Gasteiger partial charge >= 0.3 is 0 Å². The van der Waals surface area contributed by atoms with Gasteiger partial charge in [0.1, 0.15) is 5.82 Å². The summed E-state index contributed by atoms with van der Waals surface area (Å²) in [5, 5.41) is 0. The molecule has 6 heteroatoms. The molecule has 2 rings (SSSR count). The number of aromatic nitrogens is 1. The van der Waals surface area contributed by atoms with Gasteiger partial charge in [-0.1, -0.05) is 58.0 Å². The number of allylic oxidation sites excluding steroid dienone is 2. The molecule has 0 saturated heterocycles. The third-order valence-electron chi connectivity index (χ3n) is 3.61. The number of nitrogens with zero attached hydrogens (tertiary/aromatic N) is 2. The second-order valence-electron chi connectivity index (χ2n) is 6.05. The first-order valence-corrected chi connectivity index (χ1v) is 11.3. The molecule has 1 aromatic carbocycles. The number of hydrogen-bond acceptors (Lipinski definition) is 4. The van der Waals surface area contributed by atoms with E-state index in [-0.39, 0.29) is 4.90 Å². The van der Waals surface area contributed by atoms with E-state index >= 15 is 0 Å². The summed E-state index contributed by atoms with van der Waals surface area (Å²) in [6.07, 6.45) is 3.45. The molecule has 0 aliphatic rings. The number of sulfonamides is 1. The molecule has 29 heavy (non-hydrogen) atoms. The molecule has 160 valence electrons. The summed E-state index contributed by atoms with van der Waals surface area (Å²) in [5.74, 6) is 0.682. The lowest BCUT2D eigenvalue weighted by molar-refractivity contribution is 0.600. The number of rotatable bonds is 6. The minimum Gasteiger partial charge on any atom is -0.330 e. The standard InChI is InChI=1S/C19H23N3O2S.2C2H6/c1-14(2)12-16(4)22(5)19-11-10-17(13-20-19)21-25(23,24)18-9-7-6-8-15(18)3;2*1-2/h6-13,21H,4H2,1-3,5H3;2*1-2H3. The molecule has 0 fully saturated rings.